The first kappa shape index (κ1) is 12.8. The molecule has 1 heterocycles. The van der Waals surface area contributed by atoms with Crippen molar-refractivity contribution < 1.29 is 9.53 Å². The van der Waals surface area contributed by atoms with Crippen molar-refractivity contribution in [2.45, 2.75) is 57.2 Å². The molecule has 98 valence electrons. The Morgan fingerprint density at radius 2 is 2.24 bits per heavy atom. The van der Waals surface area contributed by atoms with Crippen molar-refractivity contribution in [2.75, 3.05) is 20.2 Å². The zero-order valence-electron chi connectivity index (χ0n) is 10.9. The highest BCUT2D eigenvalue weighted by Crippen LogP contribution is 2.21. The van der Waals surface area contributed by atoms with Crippen LogP contribution < -0.4 is 5.32 Å². The van der Waals surface area contributed by atoms with E-state index in [0.717, 1.165) is 13.0 Å². The van der Waals surface area contributed by atoms with E-state index >= 15 is 0 Å². The second-order valence-corrected chi connectivity index (χ2v) is 5.33. The molecule has 0 aromatic rings. The average Bonchev–Trinajstić information content (AvgIpc) is 3.06. The number of methoxy groups -OCH3 is 1. The molecule has 0 bridgehead atoms. The van der Waals surface area contributed by atoms with Crippen molar-refractivity contribution in [1.82, 2.24) is 10.2 Å². The van der Waals surface area contributed by atoms with Crippen molar-refractivity contribution in [3.63, 3.8) is 0 Å². The summed E-state index contributed by atoms with van der Waals surface area (Å²) in [7, 11) is 1.47. The van der Waals surface area contributed by atoms with E-state index < -0.39 is 0 Å². The zero-order valence-corrected chi connectivity index (χ0v) is 10.9. The number of rotatable bonds is 6. The molecule has 2 atom stereocenters. The van der Waals surface area contributed by atoms with E-state index in [-0.39, 0.29) is 12.0 Å². The number of hydrogen-bond acceptors (Lipinski definition) is 4. The lowest BCUT2D eigenvalue weighted by Crippen LogP contribution is -2.42. The smallest absolute Gasteiger partial charge is 0.322 e. The minimum Gasteiger partial charge on any atom is -0.468 e. The number of esters is 1. The van der Waals surface area contributed by atoms with Crippen LogP contribution in [0.25, 0.3) is 0 Å². The zero-order chi connectivity index (χ0) is 12.3. The normalized spacial score (nSPS) is 27.1. The number of ether oxygens (including phenoxy) is 1. The summed E-state index contributed by atoms with van der Waals surface area (Å²) in [6.07, 6.45) is 5.85. The topological polar surface area (TPSA) is 41.6 Å². The maximum Gasteiger partial charge on any atom is 0.322 e. The van der Waals surface area contributed by atoms with Gasteiger partial charge in [0, 0.05) is 18.6 Å². The third-order valence-corrected chi connectivity index (χ3v) is 3.90. The monoisotopic (exact) mass is 240 g/mol. The molecule has 1 aliphatic carbocycles. The van der Waals surface area contributed by atoms with Gasteiger partial charge in [-0.2, -0.15) is 0 Å². The molecule has 1 saturated carbocycles. The first-order chi connectivity index (χ1) is 8.20. The Balaban J connectivity index is 1.77. The molecule has 1 saturated heterocycles. The Bertz CT molecular complexity index is 266. The van der Waals surface area contributed by atoms with Crippen molar-refractivity contribution >= 4 is 5.97 Å². The lowest BCUT2D eigenvalue weighted by molar-refractivity contribution is -0.143. The van der Waals surface area contributed by atoms with E-state index in [0.29, 0.717) is 12.1 Å². The number of nitrogens with zero attached hydrogens (tertiary/aromatic N) is 1. The van der Waals surface area contributed by atoms with Gasteiger partial charge >= 0.3 is 5.97 Å². The highest BCUT2D eigenvalue weighted by atomic mass is 16.5. The Kier molecular flexibility index (Phi) is 4.40. The second-order valence-electron chi connectivity index (χ2n) is 5.33. The molecule has 2 unspecified atom stereocenters. The first-order valence-electron chi connectivity index (χ1n) is 6.78. The van der Waals surface area contributed by atoms with Crippen LogP contribution in [-0.2, 0) is 9.53 Å². The van der Waals surface area contributed by atoms with E-state index in [9.17, 15) is 4.79 Å². The second kappa shape index (κ2) is 5.83. The van der Waals surface area contributed by atoms with Crippen LogP contribution >= 0.6 is 0 Å². The van der Waals surface area contributed by atoms with Gasteiger partial charge in [-0.25, -0.2) is 0 Å². The van der Waals surface area contributed by atoms with E-state index in [2.05, 4.69) is 17.1 Å². The van der Waals surface area contributed by atoms with Crippen LogP contribution in [0.15, 0.2) is 0 Å². The maximum atomic E-state index is 11.7. The van der Waals surface area contributed by atoms with Crippen LogP contribution in [-0.4, -0.2) is 49.2 Å². The summed E-state index contributed by atoms with van der Waals surface area (Å²) in [6, 6.07) is 1.12. The van der Waals surface area contributed by atoms with Gasteiger partial charge in [0.05, 0.1) is 7.11 Å². The van der Waals surface area contributed by atoms with Crippen LogP contribution in [0, 0.1) is 0 Å². The predicted molar refractivity (Wildman–Crippen MR) is 66.8 cm³/mol. The number of nitrogens with one attached hydrogen (secondary N) is 1. The summed E-state index contributed by atoms with van der Waals surface area (Å²) in [4.78, 5) is 14.1. The van der Waals surface area contributed by atoms with E-state index in [1.165, 1.54) is 39.3 Å². The molecule has 17 heavy (non-hydrogen) atoms. The molecule has 0 spiro atoms. The average molecular weight is 240 g/mol. The first-order valence-corrected chi connectivity index (χ1v) is 6.78. The van der Waals surface area contributed by atoms with Gasteiger partial charge < -0.3 is 15.0 Å². The van der Waals surface area contributed by atoms with Gasteiger partial charge in [-0.05, 0) is 45.6 Å². The molecular formula is C13H24N2O2. The lowest BCUT2D eigenvalue weighted by Gasteiger charge is -2.24. The minimum absolute atomic E-state index is 0.108. The molecule has 0 radical (unpaired) electrons. The summed E-state index contributed by atoms with van der Waals surface area (Å²) in [5, 5.41) is 3.38. The highest BCUT2D eigenvalue weighted by molar-refractivity contribution is 5.75. The SMILES string of the molecule is COC(=O)C(CCN1CCCC1C)NC1CC1. The number of hydrogen-bond donors (Lipinski definition) is 1. The largest absolute Gasteiger partial charge is 0.468 e. The molecular weight excluding hydrogens is 216 g/mol. The van der Waals surface area contributed by atoms with Crippen LogP contribution in [0.4, 0.5) is 0 Å². The van der Waals surface area contributed by atoms with Crippen molar-refractivity contribution in [2.24, 2.45) is 0 Å². The van der Waals surface area contributed by atoms with E-state index in [1.807, 2.05) is 0 Å². The van der Waals surface area contributed by atoms with Crippen molar-refractivity contribution in [3.8, 4) is 0 Å². The standard InChI is InChI=1S/C13H24N2O2/c1-10-4-3-8-15(10)9-7-12(13(16)17-2)14-11-5-6-11/h10-12,14H,3-9H2,1-2H3. The number of carbonyl (C=O) groups is 1. The summed E-state index contributed by atoms with van der Waals surface area (Å²) in [5.41, 5.74) is 0. The van der Waals surface area contributed by atoms with Gasteiger partial charge in [-0.1, -0.05) is 0 Å². The van der Waals surface area contributed by atoms with E-state index in [4.69, 9.17) is 4.74 Å². The predicted octanol–water partition coefficient (Wildman–Crippen LogP) is 1.15. The fourth-order valence-electron chi connectivity index (χ4n) is 2.57. The van der Waals surface area contributed by atoms with Gasteiger partial charge in [0.15, 0.2) is 0 Å². The van der Waals surface area contributed by atoms with Gasteiger partial charge in [-0.15, -0.1) is 0 Å². The molecule has 0 aromatic heterocycles. The third kappa shape index (κ3) is 3.68. The molecule has 2 rings (SSSR count). The van der Waals surface area contributed by atoms with Crippen molar-refractivity contribution in [1.29, 1.82) is 0 Å². The molecule has 4 nitrogen and oxygen atoms in total. The summed E-state index contributed by atoms with van der Waals surface area (Å²) >= 11 is 0. The van der Waals surface area contributed by atoms with Crippen molar-refractivity contribution in [3.05, 3.63) is 0 Å². The molecule has 1 N–H and O–H groups in total. The third-order valence-electron chi connectivity index (χ3n) is 3.90. The van der Waals surface area contributed by atoms with Crippen LogP contribution in [0.3, 0.4) is 0 Å². The van der Waals surface area contributed by atoms with Gasteiger partial charge in [-0.3, -0.25) is 4.79 Å². The lowest BCUT2D eigenvalue weighted by atomic mass is 10.2. The maximum absolute atomic E-state index is 11.7. The van der Waals surface area contributed by atoms with Gasteiger partial charge in [0.25, 0.3) is 0 Å². The Labute approximate surface area is 104 Å². The Morgan fingerprint density at radius 3 is 2.76 bits per heavy atom. The van der Waals surface area contributed by atoms with Crippen LogP contribution in [0.2, 0.25) is 0 Å². The van der Waals surface area contributed by atoms with Crippen LogP contribution in [0.5, 0.6) is 0 Å². The fraction of sp³-hybridized carbons (Fsp3) is 0.923. The Morgan fingerprint density at radius 1 is 1.47 bits per heavy atom. The van der Waals surface area contributed by atoms with Gasteiger partial charge in [0.1, 0.15) is 6.04 Å². The quantitative estimate of drug-likeness (QED) is 0.707. The highest BCUT2D eigenvalue weighted by Gasteiger charge is 2.30. The fourth-order valence-corrected chi connectivity index (χ4v) is 2.57. The Hall–Kier alpha value is -0.610. The van der Waals surface area contributed by atoms with Crippen LogP contribution in [0.1, 0.15) is 39.0 Å². The summed E-state index contributed by atoms with van der Waals surface area (Å²) in [5.74, 6) is -0.108. The molecule has 0 amide bonds. The molecule has 2 aliphatic rings. The molecule has 2 fully saturated rings. The molecule has 4 heteroatoms. The van der Waals surface area contributed by atoms with E-state index in [1.54, 1.807) is 0 Å². The minimum atomic E-state index is -0.111. The van der Waals surface area contributed by atoms with Gasteiger partial charge in [0.2, 0.25) is 0 Å². The molecule has 1 aliphatic heterocycles. The molecule has 0 aromatic carbocycles. The summed E-state index contributed by atoms with van der Waals surface area (Å²) < 4.78 is 4.86. The summed E-state index contributed by atoms with van der Waals surface area (Å²) in [6.45, 7) is 4.45. The number of likely N-dealkylation sites (tertiary alicyclic amines) is 1. The number of carbonyl (C=O) groups excluding carboxylic acids is 1.